The van der Waals surface area contributed by atoms with Gasteiger partial charge in [0.1, 0.15) is 0 Å². The van der Waals surface area contributed by atoms with Crippen molar-refractivity contribution in [2.45, 2.75) is 47.5 Å². The molecule has 0 radical (unpaired) electrons. The Bertz CT molecular complexity index is 258. The zero-order valence-electron chi connectivity index (χ0n) is 11.3. The highest BCUT2D eigenvalue weighted by Gasteiger charge is 2.01. The second kappa shape index (κ2) is 11.8. The van der Waals surface area contributed by atoms with E-state index < -0.39 is 0 Å². The quantitative estimate of drug-likeness (QED) is 0.702. The molecular formula is C14H25NO. The fourth-order valence-electron chi connectivity index (χ4n) is 0.937. The Hall–Kier alpha value is -1.31. The molecule has 2 nitrogen and oxygen atoms in total. The van der Waals surface area contributed by atoms with Crippen LogP contribution in [0.15, 0.2) is 36.1 Å². The van der Waals surface area contributed by atoms with Crippen molar-refractivity contribution in [1.82, 2.24) is 5.32 Å². The maximum atomic E-state index is 11.3. The van der Waals surface area contributed by atoms with Crippen LogP contribution in [0.4, 0.5) is 0 Å². The third-order valence-corrected chi connectivity index (χ3v) is 1.69. The predicted molar refractivity (Wildman–Crippen MR) is 72.1 cm³/mol. The lowest BCUT2D eigenvalue weighted by Gasteiger charge is -2.06. The summed E-state index contributed by atoms with van der Waals surface area (Å²) in [5.41, 5.74) is 1.95. The van der Waals surface area contributed by atoms with Gasteiger partial charge in [-0.3, -0.25) is 4.79 Å². The van der Waals surface area contributed by atoms with Gasteiger partial charge >= 0.3 is 0 Å². The van der Waals surface area contributed by atoms with Crippen molar-refractivity contribution in [3.8, 4) is 0 Å². The van der Waals surface area contributed by atoms with Crippen LogP contribution >= 0.6 is 0 Å². The zero-order valence-corrected chi connectivity index (χ0v) is 11.3. The number of allylic oxidation sites excluding steroid dienone is 4. The fraction of sp³-hybridized carbons (Fsp3) is 0.500. The number of hydrogen-bond acceptors (Lipinski definition) is 1. The lowest BCUT2D eigenvalue weighted by Crippen LogP contribution is -2.21. The normalized spacial score (nSPS) is 9.06. The second-order valence-corrected chi connectivity index (χ2v) is 3.31. The van der Waals surface area contributed by atoms with Crippen LogP contribution in [0.3, 0.4) is 0 Å². The number of rotatable bonds is 5. The van der Waals surface area contributed by atoms with E-state index in [1.54, 1.807) is 6.08 Å². The summed E-state index contributed by atoms with van der Waals surface area (Å²) in [5.74, 6) is 0.0670. The molecule has 16 heavy (non-hydrogen) atoms. The number of nitrogens with one attached hydrogen (secondary N) is 1. The van der Waals surface area contributed by atoms with Gasteiger partial charge in [0.25, 0.3) is 0 Å². The molecule has 0 aromatic rings. The molecule has 0 spiro atoms. The number of carbonyl (C=O) groups excluding carboxylic acids is 1. The van der Waals surface area contributed by atoms with Gasteiger partial charge in [0.05, 0.1) is 0 Å². The summed E-state index contributed by atoms with van der Waals surface area (Å²) in [5, 5.41) is 2.86. The van der Waals surface area contributed by atoms with Crippen LogP contribution in [0, 0.1) is 0 Å². The minimum atomic E-state index is 0.0670. The van der Waals surface area contributed by atoms with Crippen LogP contribution < -0.4 is 5.32 Å². The molecule has 0 saturated carbocycles. The van der Waals surface area contributed by atoms with Crippen molar-refractivity contribution in [1.29, 1.82) is 0 Å². The van der Waals surface area contributed by atoms with Gasteiger partial charge in [-0.15, -0.1) is 0 Å². The smallest absolute Gasteiger partial charge is 0.224 e. The fourth-order valence-corrected chi connectivity index (χ4v) is 0.937. The highest BCUT2D eigenvalue weighted by molar-refractivity contribution is 5.78. The Morgan fingerprint density at radius 1 is 1.31 bits per heavy atom. The molecule has 0 atom stereocenters. The van der Waals surface area contributed by atoms with Gasteiger partial charge in [0.15, 0.2) is 0 Å². The van der Waals surface area contributed by atoms with E-state index in [-0.39, 0.29) is 5.91 Å². The summed E-state index contributed by atoms with van der Waals surface area (Å²) in [6.07, 6.45) is 6.80. The average Bonchev–Trinajstić information content (AvgIpc) is 2.27. The van der Waals surface area contributed by atoms with E-state index in [9.17, 15) is 4.79 Å². The van der Waals surface area contributed by atoms with Crippen LogP contribution in [0.2, 0.25) is 0 Å². The molecule has 0 rings (SSSR count). The lowest BCUT2D eigenvalue weighted by atomic mass is 10.2. The molecule has 1 N–H and O–H groups in total. The van der Waals surface area contributed by atoms with Crippen LogP contribution in [0.5, 0.6) is 0 Å². The number of amides is 1. The molecule has 0 aliphatic heterocycles. The Balaban J connectivity index is 0. The Labute approximate surface area is 100 Å². The lowest BCUT2D eigenvalue weighted by molar-refractivity contribution is -0.120. The van der Waals surface area contributed by atoms with E-state index in [4.69, 9.17) is 0 Å². The summed E-state index contributed by atoms with van der Waals surface area (Å²) in [6.45, 7) is 13.5. The predicted octanol–water partition coefficient (Wildman–Crippen LogP) is 3.97. The summed E-state index contributed by atoms with van der Waals surface area (Å²) >= 11 is 0. The molecular weight excluding hydrogens is 198 g/mol. The van der Waals surface area contributed by atoms with E-state index in [0.29, 0.717) is 6.42 Å². The molecule has 0 aromatic carbocycles. The average molecular weight is 223 g/mol. The minimum Gasteiger partial charge on any atom is -0.326 e. The molecule has 0 saturated heterocycles. The molecule has 0 unspecified atom stereocenters. The van der Waals surface area contributed by atoms with Crippen molar-refractivity contribution >= 4 is 5.91 Å². The van der Waals surface area contributed by atoms with E-state index in [0.717, 1.165) is 17.7 Å². The first-order valence-electron chi connectivity index (χ1n) is 5.88. The molecule has 2 heteroatoms. The van der Waals surface area contributed by atoms with E-state index >= 15 is 0 Å². The molecule has 0 bridgehead atoms. The first-order chi connectivity index (χ1) is 7.61. The molecule has 0 aliphatic rings. The van der Waals surface area contributed by atoms with Crippen LogP contribution in [0.1, 0.15) is 47.5 Å². The topological polar surface area (TPSA) is 29.1 Å². The van der Waals surface area contributed by atoms with Crippen molar-refractivity contribution in [2.75, 3.05) is 0 Å². The van der Waals surface area contributed by atoms with Gasteiger partial charge in [-0.2, -0.15) is 0 Å². The van der Waals surface area contributed by atoms with Gasteiger partial charge in [0.2, 0.25) is 5.91 Å². The van der Waals surface area contributed by atoms with Gasteiger partial charge in [-0.25, -0.2) is 0 Å². The highest BCUT2D eigenvalue weighted by Crippen LogP contribution is 2.02. The summed E-state index contributed by atoms with van der Waals surface area (Å²) in [7, 11) is 0. The van der Waals surface area contributed by atoms with Crippen LogP contribution in [-0.2, 0) is 4.79 Å². The molecule has 0 aliphatic carbocycles. The molecule has 0 aromatic heterocycles. The van der Waals surface area contributed by atoms with Gasteiger partial charge in [-0.1, -0.05) is 45.1 Å². The standard InChI is InChI=1S/C12H19NO.C2H6/c1-5-7-9-11(10(3)4)13-12(14)8-6-2;1-2/h5,7,9H,1,6,8H2,2-4H3,(H,13,14);1-2H3/b9-7-;. The summed E-state index contributed by atoms with van der Waals surface area (Å²) < 4.78 is 0. The Morgan fingerprint density at radius 3 is 2.25 bits per heavy atom. The SMILES string of the molecule is C=C/C=C\C(NC(=O)CCC)=C(C)C.CC. The largest absolute Gasteiger partial charge is 0.326 e. The van der Waals surface area contributed by atoms with Gasteiger partial charge in [0, 0.05) is 12.1 Å². The first kappa shape index (κ1) is 17.1. The highest BCUT2D eigenvalue weighted by atomic mass is 16.1. The molecule has 1 amide bonds. The molecule has 92 valence electrons. The summed E-state index contributed by atoms with van der Waals surface area (Å²) in [6, 6.07) is 0. The third-order valence-electron chi connectivity index (χ3n) is 1.69. The monoisotopic (exact) mass is 223 g/mol. The maximum Gasteiger partial charge on any atom is 0.224 e. The zero-order chi connectivity index (χ0) is 13.0. The molecule has 0 fully saturated rings. The van der Waals surface area contributed by atoms with Crippen LogP contribution in [0.25, 0.3) is 0 Å². The molecule has 0 heterocycles. The maximum absolute atomic E-state index is 11.3. The van der Waals surface area contributed by atoms with Crippen molar-refractivity contribution in [3.63, 3.8) is 0 Å². The Kier molecular flexibility index (Phi) is 12.6. The van der Waals surface area contributed by atoms with E-state index in [1.165, 1.54) is 0 Å². The van der Waals surface area contributed by atoms with E-state index in [2.05, 4.69) is 11.9 Å². The summed E-state index contributed by atoms with van der Waals surface area (Å²) in [4.78, 5) is 11.3. The van der Waals surface area contributed by atoms with Crippen molar-refractivity contribution in [3.05, 3.63) is 36.1 Å². The van der Waals surface area contributed by atoms with Crippen LogP contribution in [-0.4, -0.2) is 5.91 Å². The van der Waals surface area contributed by atoms with Crippen molar-refractivity contribution < 1.29 is 4.79 Å². The first-order valence-corrected chi connectivity index (χ1v) is 5.88. The minimum absolute atomic E-state index is 0.0670. The van der Waals surface area contributed by atoms with Crippen molar-refractivity contribution in [2.24, 2.45) is 0 Å². The third kappa shape index (κ3) is 9.25. The number of carbonyl (C=O) groups is 1. The van der Waals surface area contributed by atoms with E-state index in [1.807, 2.05) is 46.8 Å². The van der Waals surface area contributed by atoms with Gasteiger partial charge < -0.3 is 5.32 Å². The number of hydrogen-bond donors (Lipinski definition) is 1. The second-order valence-electron chi connectivity index (χ2n) is 3.31. The van der Waals surface area contributed by atoms with Gasteiger partial charge in [-0.05, 0) is 26.3 Å². The Morgan fingerprint density at radius 2 is 1.88 bits per heavy atom.